The van der Waals surface area contributed by atoms with Crippen molar-refractivity contribution in [2.24, 2.45) is 0 Å². The van der Waals surface area contributed by atoms with E-state index in [0.717, 1.165) is 10.6 Å². The van der Waals surface area contributed by atoms with Gasteiger partial charge in [-0.15, -0.1) is 0 Å². The molecule has 0 saturated carbocycles. The topological polar surface area (TPSA) is 373 Å². The molecule has 3 aliphatic rings. The number of esters is 1. The number of nitrogens with zero attached hydrogens (tertiary/aromatic N) is 2. The lowest BCUT2D eigenvalue weighted by atomic mass is 9.77. The SMILES string of the molecule is Nc1nc(=O)n([C@H]2CC[C@@H](COP(=O)(O)OP(=O)(O)OP(=O)(O)O)O2)cc1C#CCOCCNC(=O)CNC(=O)c1cc(Cl)c2c(c1Cl)C1(OC2=O)c2cc(Cl)c(O)c(Cl)c2Oc2c1cc(Cl)c(O)c2Cl. The number of carbonyl (C=O) groups is 3. The third-order valence-corrected chi connectivity index (χ3v) is 15.9. The maximum atomic E-state index is 13.7. The van der Waals surface area contributed by atoms with E-state index >= 15 is 0 Å². The number of nitrogens with two attached hydrogens (primary N) is 1. The average molecular weight is 1170 g/mol. The molecule has 0 radical (unpaired) electrons. The third-order valence-electron chi connectivity index (χ3n) is 10.1. The number of fused-ring (bicyclic) bond motifs is 6. The van der Waals surface area contributed by atoms with Crippen LogP contribution in [0, 0.1) is 11.8 Å². The average Bonchev–Trinajstić information content (AvgIpc) is 3.87. The molecule has 2 amide bonds. The molecule has 380 valence electrons. The van der Waals surface area contributed by atoms with Gasteiger partial charge in [-0.1, -0.05) is 81.4 Å². The molecule has 1 fully saturated rings. The number of halogens is 6. The van der Waals surface area contributed by atoms with Gasteiger partial charge in [-0.05, 0) is 31.0 Å². The van der Waals surface area contributed by atoms with Gasteiger partial charge in [0.1, 0.15) is 28.7 Å². The van der Waals surface area contributed by atoms with E-state index in [-0.39, 0.29) is 98.4 Å². The summed E-state index contributed by atoms with van der Waals surface area (Å²) in [6, 6.07) is 3.41. The first-order valence-electron chi connectivity index (χ1n) is 19.4. The van der Waals surface area contributed by atoms with Crippen LogP contribution in [-0.4, -0.2) is 96.1 Å². The molecule has 3 aliphatic heterocycles. The Hall–Kier alpha value is -4.22. The van der Waals surface area contributed by atoms with E-state index < -0.39 is 105 Å². The second-order valence-electron chi connectivity index (χ2n) is 14.7. The number of aromatic nitrogens is 2. The van der Waals surface area contributed by atoms with Crippen LogP contribution in [0.2, 0.25) is 30.1 Å². The van der Waals surface area contributed by atoms with Gasteiger partial charge in [0.2, 0.25) is 5.91 Å². The summed E-state index contributed by atoms with van der Waals surface area (Å²) in [6.07, 6.45) is -0.501. The summed E-state index contributed by atoms with van der Waals surface area (Å²) >= 11 is 39.1. The molecule has 4 aromatic rings. The van der Waals surface area contributed by atoms with E-state index in [9.17, 15) is 52.9 Å². The fraction of sp³-hybridized carbons (Fsp3) is 0.270. The Morgan fingerprint density at radius 3 is 2.14 bits per heavy atom. The molecular formula is C37H30Cl6N5O20P3. The Bertz CT molecular complexity index is 3140. The number of ether oxygens (including phenoxy) is 4. The maximum Gasteiger partial charge on any atom is 0.490 e. The first-order chi connectivity index (χ1) is 33.1. The molecule has 71 heavy (non-hydrogen) atoms. The number of nitrogen functional groups attached to an aromatic ring is 1. The van der Waals surface area contributed by atoms with Gasteiger partial charge in [0.05, 0.1) is 73.8 Å². The Balaban J connectivity index is 0.944. The van der Waals surface area contributed by atoms with Gasteiger partial charge in [0.25, 0.3) is 5.91 Å². The van der Waals surface area contributed by atoms with Crippen molar-refractivity contribution in [3.05, 3.63) is 98.4 Å². The minimum absolute atomic E-state index is 0.0666. The lowest BCUT2D eigenvalue weighted by Gasteiger charge is -2.38. The van der Waals surface area contributed by atoms with Crippen LogP contribution < -0.4 is 26.8 Å². The number of benzene rings is 3. The van der Waals surface area contributed by atoms with E-state index in [1.165, 1.54) is 18.3 Å². The normalized spacial score (nSPS) is 18.2. The van der Waals surface area contributed by atoms with Crippen molar-refractivity contribution < 1.29 is 90.0 Å². The quantitative estimate of drug-likeness (QED) is 0.0300. The Morgan fingerprint density at radius 1 is 0.887 bits per heavy atom. The van der Waals surface area contributed by atoms with Gasteiger partial charge in [-0.2, -0.15) is 13.6 Å². The molecule has 10 N–H and O–H groups in total. The summed E-state index contributed by atoms with van der Waals surface area (Å²) < 4.78 is 70.4. The zero-order valence-electron chi connectivity index (χ0n) is 34.9. The highest BCUT2D eigenvalue weighted by Crippen LogP contribution is 2.67. The first kappa shape index (κ1) is 54.6. The molecule has 0 bridgehead atoms. The van der Waals surface area contributed by atoms with Crippen LogP contribution in [0.25, 0.3) is 0 Å². The van der Waals surface area contributed by atoms with Gasteiger partial charge < -0.3 is 65.1 Å². The standard InChI is InChI=1S/C37H30Cl6N5O20P3/c38-19-8-16(26(41)25-24(19)35(53)66-37(25)17-9-20(39)29(50)27(42)31(17)65-32-18(37)10-21(40)30(51)28(32)43)34(52)46-11-22(49)45-5-7-62-6-1-2-14-12-48(36(54)47-33(14)44)23-4-3-15(64-23)13-63-70(58,59)68-71(60,61)67-69(55,56)57/h8-10,12,15,23,50-51H,3-7,11,13H2,(H,45,49)(H,46,52)(H,58,59)(H,60,61)(H2,44,47,54)(H2,55,56,57)/t15-,23+/m0/s1. The highest BCUT2D eigenvalue weighted by Gasteiger charge is 2.58. The Morgan fingerprint density at radius 2 is 1.52 bits per heavy atom. The number of phenolic OH excluding ortho intramolecular Hbond substituents is 2. The maximum absolute atomic E-state index is 13.7. The molecule has 4 heterocycles. The summed E-state index contributed by atoms with van der Waals surface area (Å²) in [5.74, 6) is 0.572. The predicted molar refractivity (Wildman–Crippen MR) is 247 cm³/mol. The second kappa shape index (κ2) is 21.0. The van der Waals surface area contributed by atoms with Crippen LogP contribution >= 0.6 is 93.1 Å². The van der Waals surface area contributed by atoms with Gasteiger partial charge in [0, 0.05) is 18.3 Å². The number of phosphoric ester groups is 1. The lowest BCUT2D eigenvalue weighted by Crippen LogP contribution is -2.38. The van der Waals surface area contributed by atoms with E-state index in [1.54, 1.807) is 0 Å². The summed E-state index contributed by atoms with van der Waals surface area (Å²) in [7, 11) is -16.7. The molecular weight excluding hydrogens is 1140 g/mol. The van der Waals surface area contributed by atoms with Crippen molar-refractivity contribution in [3.8, 4) is 34.8 Å². The van der Waals surface area contributed by atoms with Crippen LogP contribution in [0.3, 0.4) is 0 Å². The summed E-state index contributed by atoms with van der Waals surface area (Å²) in [4.78, 5) is 92.7. The number of nitrogens with one attached hydrogen (secondary N) is 2. The number of hydrogen-bond donors (Lipinski definition) is 9. The summed E-state index contributed by atoms with van der Waals surface area (Å²) in [5.41, 5.74) is 1.84. The molecule has 1 aromatic heterocycles. The minimum Gasteiger partial charge on any atom is -0.505 e. The highest BCUT2D eigenvalue weighted by molar-refractivity contribution is 7.66. The van der Waals surface area contributed by atoms with Crippen molar-refractivity contribution in [3.63, 3.8) is 0 Å². The number of hydrogen-bond acceptors (Lipinski definition) is 18. The fourth-order valence-electron chi connectivity index (χ4n) is 7.21. The summed E-state index contributed by atoms with van der Waals surface area (Å²) in [5, 5.41) is 23.9. The van der Waals surface area contributed by atoms with E-state index in [4.69, 9.17) is 104 Å². The largest absolute Gasteiger partial charge is 0.505 e. The number of carbonyl (C=O) groups excluding carboxylic acids is 3. The molecule has 0 aliphatic carbocycles. The van der Waals surface area contributed by atoms with Crippen molar-refractivity contribution >= 4 is 117 Å². The van der Waals surface area contributed by atoms with Crippen LogP contribution in [0.4, 0.5) is 5.82 Å². The van der Waals surface area contributed by atoms with Gasteiger partial charge >= 0.3 is 35.1 Å². The molecule has 25 nitrogen and oxygen atoms in total. The molecule has 7 rings (SSSR count). The van der Waals surface area contributed by atoms with Crippen LogP contribution in [0.15, 0.2) is 29.2 Å². The monoisotopic (exact) mass is 1170 g/mol. The van der Waals surface area contributed by atoms with E-state index in [1.807, 2.05) is 0 Å². The molecule has 4 atom stereocenters. The Kier molecular flexibility index (Phi) is 16.1. The van der Waals surface area contributed by atoms with Gasteiger partial charge in [-0.25, -0.2) is 23.3 Å². The van der Waals surface area contributed by atoms with Crippen molar-refractivity contribution in [1.29, 1.82) is 0 Å². The zero-order chi connectivity index (χ0) is 52.1. The van der Waals surface area contributed by atoms with Crippen LogP contribution in [0.1, 0.15) is 62.0 Å². The molecule has 34 heteroatoms. The molecule has 2 unspecified atom stereocenters. The van der Waals surface area contributed by atoms with Gasteiger partial charge in [-0.3, -0.25) is 18.7 Å². The smallest absolute Gasteiger partial charge is 0.490 e. The minimum atomic E-state index is -5.73. The summed E-state index contributed by atoms with van der Waals surface area (Å²) in [6.45, 7) is -1.68. The second-order valence-corrected chi connectivity index (χ2v) is 21.5. The van der Waals surface area contributed by atoms with Crippen LogP contribution in [-0.2, 0) is 51.4 Å². The number of rotatable bonds is 15. The number of aromatic hydroxyl groups is 2. The van der Waals surface area contributed by atoms with Crippen molar-refractivity contribution in [1.82, 2.24) is 20.2 Å². The highest BCUT2D eigenvalue weighted by atomic mass is 35.5. The molecule has 1 saturated heterocycles. The lowest BCUT2D eigenvalue weighted by molar-refractivity contribution is -0.120. The fourth-order valence-corrected chi connectivity index (χ4v) is 11.9. The Labute approximate surface area is 427 Å². The zero-order valence-corrected chi connectivity index (χ0v) is 42.1. The number of phosphoric acid groups is 3. The van der Waals surface area contributed by atoms with Crippen LogP contribution in [0.5, 0.6) is 23.0 Å². The van der Waals surface area contributed by atoms with Gasteiger partial charge in [0.15, 0.2) is 28.6 Å². The molecule has 1 spiro atoms. The number of anilines is 1. The van der Waals surface area contributed by atoms with Crippen molar-refractivity contribution in [2.75, 3.05) is 38.6 Å². The van der Waals surface area contributed by atoms with E-state index in [0.29, 0.717) is 0 Å². The molecule has 3 aromatic carbocycles. The first-order valence-corrected chi connectivity index (χ1v) is 26.2. The third kappa shape index (κ3) is 11.5. The van der Waals surface area contributed by atoms with Crippen molar-refractivity contribution in [2.45, 2.75) is 30.8 Å². The van der Waals surface area contributed by atoms with E-state index in [2.05, 4.69) is 40.6 Å². The predicted octanol–water partition coefficient (Wildman–Crippen LogP) is 5.66. The number of phenols is 2. The number of amides is 2.